The zero-order valence-corrected chi connectivity index (χ0v) is 16.5. The number of aromatic nitrogens is 1. The Hall–Kier alpha value is -2.74. The highest BCUT2D eigenvalue weighted by Crippen LogP contribution is 2.27. The second-order valence-corrected chi connectivity index (χ2v) is 9.26. The number of hydrogen-bond donors (Lipinski definition) is 2. The molecule has 0 saturated heterocycles. The van der Waals surface area contributed by atoms with Crippen molar-refractivity contribution in [1.29, 1.82) is 0 Å². The van der Waals surface area contributed by atoms with Gasteiger partial charge < -0.3 is 10.6 Å². The van der Waals surface area contributed by atoms with Crippen molar-refractivity contribution in [2.75, 3.05) is 17.8 Å². The third kappa shape index (κ3) is 4.33. The first-order valence-electron chi connectivity index (χ1n) is 8.38. The molecule has 1 aromatic heterocycles. The number of benzene rings is 1. The molecule has 0 saturated carbocycles. The second kappa shape index (κ2) is 7.11. The zero-order chi connectivity index (χ0) is 19.8. The molecule has 142 valence electrons. The fourth-order valence-corrected chi connectivity index (χ4v) is 3.43. The van der Waals surface area contributed by atoms with Crippen LogP contribution in [0.15, 0.2) is 39.8 Å². The van der Waals surface area contributed by atoms with E-state index < -0.39 is 15.5 Å². The van der Waals surface area contributed by atoms with Crippen molar-refractivity contribution in [1.82, 2.24) is 10.3 Å². The number of halogens is 1. The molecule has 3 rings (SSSR count). The van der Waals surface area contributed by atoms with E-state index in [1.54, 1.807) is 18.3 Å². The molecule has 27 heavy (non-hydrogen) atoms. The van der Waals surface area contributed by atoms with Crippen molar-refractivity contribution in [3.63, 3.8) is 0 Å². The highest BCUT2D eigenvalue weighted by molar-refractivity contribution is 7.92. The quantitative estimate of drug-likeness (QED) is 0.843. The van der Waals surface area contributed by atoms with Gasteiger partial charge in [0.05, 0.1) is 22.3 Å². The Morgan fingerprint density at radius 1 is 1.37 bits per heavy atom. The Labute approximate surface area is 158 Å². The van der Waals surface area contributed by atoms with Crippen LogP contribution in [0.25, 0.3) is 12.4 Å². The van der Waals surface area contributed by atoms with Crippen LogP contribution < -0.4 is 21.2 Å². The molecule has 1 aromatic carbocycles. The zero-order valence-electron chi connectivity index (χ0n) is 15.7. The number of aliphatic imine (C=N–C) groups is 1. The van der Waals surface area contributed by atoms with Crippen molar-refractivity contribution in [2.45, 2.75) is 19.9 Å². The molecule has 6 nitrogen and oxygen atoms in total. The van der Waals surface area contributed by atoms with E-state index in [1.807, 2.05) is 19.9 Å². The van der Waals surface area contributed by atoms with Crippen LogP contribution in [0.5, 0.6) is 0 Å². The summed E-state index contributed by atoms with van der Waals surface area (Å²) in [7, 11) is -2.46. The Morgan fingerprint density at radius 2 is 2.11 bits per heavy atom. The van der Waals surface area contributed by atoms with Gasteiger partial charge in [0.1, 0.15) is 17.3 Å². The third-order valence-electron chi connectivity index (χ3n) is 3.96. The molecule has 1 aliphatic rings. The van der Waals surface area contributed by atoms with E-state index >= 15 is 0 Å². The summed E-state index contributed by atoms with van der Waals surface area (Å²) in [6.07, 6.45) is 4.63. The minimum atomic E-state index is -2.46. The summed E-state index contributed by atoms with van der Waals surface area (Å²) in [5.41, 5.74) is 1.36. The number of nitrogens with one attached hydrogen (secondary N) is 2. The molecule has 0 spiro atoms. The summed E-state index contributed by atoms with van der Waals surface area (Å²) in [6, 6.07) is 6.34. The molecule has 0 amide bonds. The first-order valence-corrected chi connectivity index (χ1v) is 10.7. The minimum Gasteiger partial charge on any atom is -0.363 e. The van der Waals surface area contributed by atoms with E-state index in [0.29, 0.717) is 22.6 Å². The Morgan fingerprint density at radius 3 is 2.81 bits per heavy atom. The number of fused-ring (bicyclic) bond motifs is 1. The van der Waals surface area contributed by atoms with Gasteiger partial charge in [0.2, 0.25) is 0 Å². The Bertz CT molecular complexity index is 1160. The number of amidine groups is 1. The first-order chi connectivity index (χ1) is 12.6. The monoisotopic (exact) mass is 387 g/mol. The van der Waals surface area contributed by atoms with E-state index in [0.717, 1.165) is 10.9 Å². The molecule has 8 heteroatoms. The molecule has 0 aliphatic carbocycles. The highest BCUT2D eigenvalue weighted by atomic mass is 32.2. The lowest BCUT2D eigenvalue weighted by molar-refractivity contribution is 0.575. The number of rotatable bonds is 4. The minimum absolute atomic E-state index is 0.0925. The predicted octanol–water partition coefficient (Wildman–Crippen LogP) is 2.25. The van der Waals surface area contributed by atoms with E-state index in [9.17, 15) is 8.60 Å². The SMILES string of the molecule is C=c1cc2c(cn1)=C(N[C@H](C)c1cccc(N=S(C)(C)=O)c1F)N=C(C)N2. The van der Waals surface area contributed by atoms with E-state index in [4.69, 9.17) is 0 Å². The molecule has 1 aliphatic heterocycles. The van der Waals surface area contributed by atoms with Crippen LogP contribution in [0.3, 0.4) is 0 Å². The van der Waals surface area contributed by atoms with Gasteiger partial charge in [-0.1, -0.05) is 18.7 Å². The smallest absolute Gasteiger partial charge is 0.154 e. The lowest BCUT2D eigenvalue weighted by atomic mass is 10.1. The van der Waals surface area contributed by atoms with E-state index in [1.165, 1.54) is 18.6 Å². The van der Waals surface area contributed by atoms with Crippen LogP contribution in [0.4, 0.5) is 15.8 Å². The predicted molar refractivity (Wildman–Crippen MR) is 109 cm³/mol. The number of nitrogens with zero attached hydrogens (tertiary/aromatic N) is 3. The van der Waals surface area contributed by atoms with E-state index in [2.05, 4.69) is 31.6 Å². The molecule has 0 unspecified atom stereocenters. The van der Waals surface area contributed by atoms with Gasteiger partial charge in [-0.2, -0.15) is 4.36 Å². The van der Waals surface area contributed by atoms with Gasteiger partial charge in [-0.05, 0) is 26.0 Å². The van der Waals surface area contributed by atoms with Crippen LogP contribution in [0, 0.1) is 5.82 Å². The maximum Gasteiger partial charge on any atom is 0.154 e. The van der Waals surface area contributed by atoms with Crippen LogP contribution in [-0.4, -0.2) is 27.5 Å². The van der Waals surface area contributed by atoms with Crippen LogP contribution in [-0.2, 0) is 9.73 Å². The van der Waals surface area contributed by atoms with Crippen LogP contribution >= 0.6 is 0 Å². The number of anilines is 1. The summed E-state index contributed by atoms with van der Waals surface area (Å²) in [5.74, 6) is 0.817. The normalized spacial score (nSPS) is 14.7. The first kappa shape index (κ1) is 19.0. The third-order valence-corrected chi connectivity index (χ3v) is 4.59. The number of hydrogen-bond acceptors (Lipinski definition) is 6. The Kier molecular flexibility index (Phi) is 5.01. The summed E-state index contributed by atoms with van der Waals surface area (Å²) in [5, 5.41) is 7.85. The summed E-state index contributed by atoms with van der Waals surface area (Å²) < 4.78 is 30.8. The fourth-order valence-electron chi connectivity index (χ4n) is 2.81. The van der Waals surface area contributed by atoms with Crippen LogP contribution in [0.2, 0.25) is 0 Å². The molecule has 2 N–H and O–H groups in total. The molecule has 0 fully saturated rings. The van der Waals surface area contributed by atoms with Gasteiger partial charge in [-0.3, -0.25) is 4.98 Å². The standard InChI is InChI=1S/C19H22FN5OS/c1-11-9-17-15(10-21-11)19(24-13(3)23-17)22-12(2)14-7-6-8-16(18(14)20)25-27(4,5)26/h6-10,12,22H,1H2,2-5H3,(H,23,24)/t12-/m1/s1. The van der Waals surface area contributed by atoms with Gasteiger partial charge in [0.15, 0.2) is 5.82 Å². The average Bonchev–Trinajstić information content (AvgIpc) is 2.54. The molecular weight excluding hydrogens is 365 g/mol. The maximum atomic E-state index is 14.9. The van der Waals surface area contributed by atoms with Gasteiger partial charge >= 0.3 is 0 Å². The van der Waals surface area contributed by atoms with Crippen molar-refractivity contribution in [3.05, 3.63) is 52.4 Å². The van der Waals surface area contributed by atoms with Crippen LogP contribution in [0.1, 0.15) is 25.5 Å². The molecule has 1 atom stereocenters. The van der Waals surface area contributed by atoms with Crippen molar-refractivity contribution >= 4 is 39.3 Å². The van der Waals surface area contributed by atoms with Crippen molar-refractivity contribution in [2.24, 2.45) is 9.36 Å². The Balaban J connectivity index is 2.03. The van der Waals surface area contributed by atoms with Gasteiger partial charge in [-0.15, -0.1) is 0 Å². The van der Waals surface area contributed by atoms with Gasteiger partial charge in [0.25, 0.3) is 0 Å². The lowest BCUT2D eigenvalue weighted by Gasteiger charge is -2.21. The summed E-state index contributed by atoms with van der Waals surface area (Å²) in [4.78, 5) is 8.71. The largest absolute Gasteiger partial charge is 0.363 e. The van der Waals surface area contributed by atoms with Crippen molar-refractivity contribution < 1.29 is 8.60 Å². The molecule has 0 radical (unpaired) electrons. The van der Waals surface area contributed by atoms with E-state index in [-0.39, 0.29) is 11.7 Å². The van der Waals surface area contributed by atoms with Gasteiger partial charge in [0, 0.05) is 34.0 Å². The topological polar surface area (TPSA) is 78.7 Å². The average molecular weight is 387 g/mol. The summed E-state index contributed by atoms with van der Waals surface area (Å²) in [6.45, 7) is 7.51. The molecule has 0 bridgehead atoms. The highest BCUT2D eigenvalue weighted by Gasteiger charge is 2.17. The molecule has 2 heterocycles. The molecule has 2 aromatic rings. The molecular formula is C19H22FN5OS. The maximum absolute atomic E-state index is 14.9. The fraction of sp³-hybridized carbons (Fsp3) is 0.263. The van der Waals surface area contributed by atoms with Gasteiger partial charge in [-0.25, -0.2) is 13.6 Å². The number of pyridine rings is 1. The summed E-state index contributed by atoms with van der Waals surface area (Å²) >= 11 is 0. The van der Waals surface area contributed by atoms with Crippen molar-refractivity contribution in [3.8, 4) is 0 Å². The lowest BCUT2D eigenvalue weighted by Crippen LogP contribution is -2.32. The second-order valence-electron chi connectivity index (χ2n) is 6.71.